The lowest BCUT2D eigenvalue weighted by molar-refractivity contribution is -0.158. The minimum atomic E-state index is -1.58. The summed E-state index contributed by atoms with van der Waals surface area (Å²) in [6, 6.07) is 0. The van der Waals surface area contributed by atoms with E-state index in [1.165, 1.54) is 0 Å². The number of carbonyl (C=O) groups is 4. The molecule has 0 bridgehead atoms. The normalized spacial score (nSPS) is 21.1. The van der Waals surface area contributed by atoms with Crippen LogP contribution in [0.2, 0.25) is 0 Å². The van der Waals surface area contributed by atoms with Gasteiger partial charge >= 0.3 is 23.9 Å². The zero-order chi connectivity index (χ0) is 17.6. The molecule has 0 radical (unpaired) electrons. The summed E-state index contributed by atoms with van der Waals surface area (Å²) in [5, 5.41) is 36.0. The van der Waals surface area contributed by atoms with Crippen LogP contribution in [0.1, 0.15) is 32.1 Å². The number of rotatable bonds is 8. The lowest BCUT2D eigenvalue weighted by Gasteiger charge is -2.27. The second-order valence-corrected chi connectivity index (χ2v) is 5.73. The van der Waals surface area contributed by atoms with Crippen LogP contribution in [-0.2, 0) is 19.2 Å². The fourth-order valence-electron chi connectivity index (χ4n) is 2.95. The molecule has 23 heavy (non-hydrogen) atoms. The maximum Gasteiger partial charge on any atom is 0.317 e. The maximum absolute atomic E-state index is 11.1. The zero-order valence-electron chi connectivity index (χ0n) is 12.4. The molecule has 0 heterocycles. The summed E-state index contributed by atoms with van der Waals surface area (Å²) in [7, 11) is 0. The van der Waals surface area contributed by atoms with Crippen molar-refractivity contribution < 1.29 is 39.6 Å². The van der Waals surface area contributed by atoms with E-state index in [4.69, 9.17) is 20.4 Å². The summed E-state index contributed by atoms with van der Waals surface area (Å²) in [6.45, 7) is 0. The molecule has 0 aromatic carbocycles. The van der Waals surface area contributed by atoms with Crippen molar-refractivity contribution in [3.05, 3.63) is 12.2 Å². The molecule has 8 heteroatoms. The Morgan fingerprint density at radius 3 is 1.65 bits per heavy atom. The molecule has 0 amide bonds. The fourth-order valence-corrected chi connectivity index (χ4v) is 2.95. The van der Waals surface area contributed by atoms with Crippen molar-refractivity contribution in [2.24, 2.45) is 23.7 Å². The second-order valence-electron chi connectivity index (χ2n) is 5.73. The number of carboxylic acids is 4. The monoisotopic (exact) mass is 328 g/mol. The van der Waals surface area contributed by atoms with Crippen molar-refractivity contribution in [2.75, 3.05) is 0 Å². The molecule has 128 valence electrons. The largest absolute Gasteiger partial charge is 0.481 e. The predicted molar refractivity (Wildman–Crippen MR) is 76.7 cm³/mol. The standard InChI is InChI=1S/C15H20O8/c16-12(17)10(13(18)19)6-8-4-2-1-3-5-9(8)7-11(14(20)21)15(22)23/h1-2,8-11H,3-7H2,(H,16,17)(H,18,19)(H,20,21)(H,22,23). The highest BCUT2D eigenvalue weighted by molar-refractivity contribution is 5.93. The molecule has 1 rings (SSSR count). The Kier molecular flexibility index (Phi) is 6.74. The van der Waals surface area contributed by atoms with Crippen LogP contribution in [0.3, 0.4) is 0 Å². The van der Waals surface area contributed by atoms with Gasteiger partial charge in [0.15, 0.2) is 11.8 Å². The SMILES string of the molecule is O=C(O)C(CC1CC=CCCC1CC(C(=O)O)C(=O)O)C(=O)O. The van der Waals surface area contributed by atoms with Crippen molar-refractivity contribution in [1.82, 2.24) is 0 Å². The van der Waals surface area contributed by atoms with Gasteiger partial charge in [0.1, 0.15) is 0 Å². The van der Waals surface area contributed by atoms with Crippen molar-refractivity contribution in [1.29, 1.82) is 0 Å². The van der Waals surface area contributed by atoms with Crippen LogP contribution >= 0.6 is 0 Å². The summed E-state index contributed by atoms with van der Waals surface area (Å²) in [4.78, 5) is 44.2. The Morgan fingerprint density at radius 2 is 1.22 bits per heavy atom. The second kappa shape index (κ2) is 8.30. The summed E-state index contributed by atoms with van der Waals surface area (Å²) in [5.41, 5.74) is 0. The predicted octanol–water partition coefficient (Wildman–Crippen LogP) is 1.31. The van der Waals surface area contributed by atoms with Crippen molar-refractivity contribution in [2.45, 2.75) is 32.1 Å². The number of aliphatic carboxylic acids is 4. The van der Waals surface area contributed by atoms with E-state index in [1.807, 2.05) is 12.2 Å². The van der Waals surface area contributed by atoms with Gasteiger partial charge in [-0.25, -0.2) is 0 Å². The Bertz CT molecular complexity index is 482. The minimum absolute atomic E-state index is 0.136. The van der Waals surface area contributed by atoms with Gasteiger partial charge in [-0.2, -0.15) is 0 Å². The maximum atomic E-state index is 11.1. The van der Waals surface area contributed by atoms with Crippen LogP contribution in [0.5, 0.6) is 0 Å². The Balaban J connectivity index is 2.92. The molecule has 1 aliphatic rings. The van der Waals surface area contributed by atoms with Crippen LogP contribution in [0.25, 0.3) is 0 Å². The van der Waals surface area contributed by atoms with Crippen LogP contribution in [-0.4, -0.2) is 44.3 Å². The first kappa shape index (κ1) is 18.7. The quantitative estimate of drug-likeness (QED) is 0.385. The highest BCUT2D eigenvalue weighted by Gasteiger charge is 2.36. The van der Waals surface area contributed by atoms with E-state index in [0.29, 0.717) is 19.3 Å². The summed E-state index contributed by atoms with van der Waals surface area (Å²) >= 11 is 0. The molecule has 2 atom stereocenters. The Labute approximate surface area is 132 Å². The fraction of sp³-hybridized carbons (Fsp3) is 0.600. The minimum Gasteiger partial charge on any atom is -0.481 e. The average Bonchev–Trinajstić information content (AvgIpc) is 2.65. The van der Waals surface area contributed by atoms with Gasteiger partial charge in [-0.3, -0.25) is 19.2 Å². The molecule has 1 aliphatic carbocycles. The van der Waals surface area contributed by atoms with Gasteiger partial charge < -0.3 is 20.4 Å². The molecular formula is C15H20O8. The van der Waals surface area contributed by atoms with Gasteiger partial charge in [0.05, 0.1) is 0 Å². The molecule has 0 saturated carbocycles. The van der Waals surface area contributed by atoms with Crippen molar-refractivity contribution >= 4 is 23.9 Å². The van der Waals surface area contributed by atoms with Gasteiger partial charge in [0, 0.05) is 0 Å². The summed E-state index contributed by atoms with van der Waals surface area (Å²) in [5.74, 6) is -9.68. The van der Waals surface area contributed by atoms with E-state index >= 15 is 0 Å². The van der Waals surface area contributed by atoms with E-state index < -0.39 is 35.7 Å². The molecule has 8 nitrogen and oxygen atoms in total. The molecular weight excluding hydrogens is 308 g/mol. The highest BCUT2D eigenvalue weighted by Crippen LogP contribution is 2.35. The van der Waals surface area contributed by atoms with Gasteiger partial charge in [-0.15, -0.1) is 0 Å². The molecule has 0 aliphatic heterocycles. The first-order chi connectivity index (χ1) is 10.7. The number of carboxylic acid groups (broad SMARTS) is 4. The van der Waals surface area contributed by atoms with Gasteiger partial charge in [-0.1, -0.05) is 12.2 Å². The first-order valence-corrected chi connectivity index (χ1v) is 7.30. The smallest absolute Gasteiger partial charge is 0.317 e. The van der Waals surface area contributed by atoms with Gasteiger partial charge in [0.25, 0.3) is 0 Å². The van der Waals surface area contributed by atoms with Crippen LogP contribution in [0.15, 0.2) is 12.2 Å². The van der Waals surface area contributed by atoms with Crippen LogP contribution in [0.4, 0.5) is 0 Å². The average molecular weight is 328 g/mol. The highest BCUT2D eigenvalue weighted by atomic mass is 16.4. The molecule has 0 fully saturated rings. The third-order valence-electron chi connectivity index (χ3n) is 4.25. The van der Waals surface area contributed by atoms with E-state index in [1.54, 1.807) is 0 Å². The van der Waals surface area contributed by atoms with E-state index in [9.17, 15) is 19.2 Å². The lowest BCUT2D eigenvalue weighted by Crippen LogP contribution is -2.32. The van der Waals surface area contributed by atoms with Crippen molar-refractivity contribution in [3.8, 4) is 0 Å². The molecule has 2 unspecified atom stereocenters. The third-order valence-corrected chi connectivity index (χ3v) is 4.25. The Morgan fingerprint density at radius 1 is 0.783 bits per heavy atom. The molecule has 0 aromatic rings. The van der Waals surface area contributed by atoms with Crippen LogP contribution in [0, 0.1) is 23.7 Å². The van der Waals surface area contributed by atoms with Gasteiger partial charge in [0.2, 0.25) is 0 Å². The third kappa shape index (κ3) is 5.39. The summed E-state index contributed by atoms with van der Waals surface area (Å²) < 4.78 is 0. The first-order valence-electron chi connectivity index (χ1n) is 7.30. The van der Waals surface area contributed by atoms with Crippen LogP contribution < -0.4 is 0 Å². The lowest BCUT2D eigenvalue weighted by atomic mass is 9.76. The van der Waals surface area contributed by atoms with Crippen molar-refractivity contribution in [3.63, 3.8) is 0 Å². The van der Waals surface area contributed by atoms with Gasteiger partial charge in [-0.05, 0) is 43.9 Å². The molecule has 0 spiro atoms. The number of allylic oxidation sites excluding steroid dienone is 2. The number of hydrogen-bond acceptors (Lipinski definition) is 4. The topological polar surface area (TPSA) is 149 Å². The Hall–Kier alpha value is -2.38. The van der Waals surface area contributed by atoms with E-state index in [0.717, 1.165) is 0 Å². The van der Waals surface area contributed by atoms with E-state index in [2.05, 4.69) is 0 Å². The van der Waals surface area contributed by atoms with E-state index in [-0.39, 0.29) is 24.7 Å². The molecule has 4 N–H and O–H groups in total. The molecule has 0 aromatic heterocycles. The molecule has 0 saturated heterocycles. The zero-order valence-corrected chi connectivity index (χ0v) is 12.4. The summed E-state index contributed by atoms with van der Waals surface area (Å²) in [6.07, 6.45) is 4.92. The number of hydrogen-bond donors (Lipinski definition) is 4.